The largest absolute Gasteiger partial charge is 0.0768 e. The van der Waals surface area contributed by atoms with Gasteiger partial charge in [0.15, 0.2) is 0 Å². The van der Waals surface area contributed by atoms with E-state index in [1.165, 1.54) is 38.5 Å². The van der Waals surface area contributed by atoms with E-state index in [4.69, 9.17) is 0 Å². The summed E-state index contributed by atoms with van der Waals surface area (Å²) in [5.41, 5.74) is 0. The molecular formula is C20H44P+. The van der Waals surface area contributed by atoms with Crippen molar-refractivity contribution < 1.29 is 0 Å². The van der Waals surface area contributed by atoms with E-state index >= 15 is 0 Å². The molecule has 0 nitrogen and oxygen atoms in total. The van der Waals surface area contributed by atoms with E-state index in [0.29, 0.717) is 10.3 Å². The van der Waals surface area contributed by atoms with Crippen molar-refractivity contribution in [3.63, 3.8) is 0 Å². The lowest BCUT2D eigenvalue weighted by atomic mass is 9.90. The molecule has 0 aromatic heterocycles. The molecule has 0 rings (SSSR count). The fourth-order valence-electron chi connectivity index (χ4n) is 3.57. The van der Waals surface area contributed by atoms with Crippen molar-refractivity contribution >= 4 is 7.26 Å². The monoisotopic (exact) mass is 315 g/mol. The molecule has 0 radical (unpaired) electrons. The number of hydrogen-bond donors (Lipinski definition) is 0. The van der Waals surface area contributed by atoms with Crippen molar-refractivity contribution in [3.05, 3.63) is 0 Å². The second-order valence-corrected chi connectivity index (χ2v) is 14.1. The molecule has 0 fully saturated rings. The van der Waals surface area contributed by atoms with E-state index in [9.17, 15) is 0 Å². The van der Waals surface area contributed by atoms with E-state index < -0.39 is 7.26 Å². The second kappa shape index (κ2) is 8.33. The highest BCUT2D eigenvalue weighted by atomic mass is 31.2. The molecular weight excluding hydrogens is 271 g/mol. The van der Waals surface area contributed by atoms with Crippen LogP contribution in [-0.2, 0) is 0 Å². The Bertz CT molecular complexity index is 260. The molecule has 0 bridgehead atoms. The zero-order valence-electron chi connectivity index (χ0n) is 16.8. The molecule has 0 aliphatic rings. The molecule has 0 spiro atoms. The van der Waals surface area contributed by atoms with Crippen LogP contribution < -0.4 is 0 Å². The molecule has 128 valence electrons. The van der Waals surface area contributed by atoms with Gasteiger partial charge >= 0.3 is 0 Å². The van der Waals surface area contributed by atoms with E-state index in [2.05, 4.69) is 68.7 Å². The lowest BCUT2D eigenvalue weighted by molar-refractivity contribution is 0.367. The van der Waals surface area contributed by atoms with E-state index in [1.54, 1.807) is 0 Å². The van der Waals surface area contributed by atoms with Crippen LogP contribution in [0.2, 0.25) is 0 Å². The van der Waals surface area contributed by atoms with Crippen LogP contribution in [0.3, 0.4) is 0 Å². The molecule has 2 atom stereocenters. The van der Waals surface area contributed by atoms with Crippen molar-refractivity contribution in [2.75, 3.05) is 13.3 Å². The summed E-state index contributed by atoms with van der Waals surface area (Å²) in [4.78, 5) is 0. The summed E-state index contributed by atoms with van der Waals surface area (Å²) in [5.74, 6) is 1.66. The molecule has 0 N–H and O–H groups in total. The Hall–Kier alpha value is 0.430. The minimum atomic E-state index is -1.04. The van der Waals surface area contributed by atoms with Crippen molar-refractivity contribution in [1.82, 2.24) is 0 Å². The summed E-state index contributed by atoms with van der Waals surface area (Å²) < 4.78 is 0. The van der Waals surface area contributed by atoms with Gasteiger partial charge in [-0.15, -0.1) is 0 Å². The topological polar surface area (TPSA) is 0 Å². The van der Waals surface area contributed by atoms with Crippen LogP contribution in [-0.4, -0.2) is 23.6 Å². The summed E-state index contributed by atoms with van der Waals surface area (Å²) in [6, 6.07) is 0. The summed E-state index contributed by atoms with van der Waals surface area (Å²) in [5, 5.41) is 0.957. The summed E-state index contributed by atoms with van der Waals surface area (Å²) in [6.07, 6.45) is 8.22. The minimum absolute atomic E-state index is 0.478. The van der Waals surface area contributed by atoms with Gasteiger partial charge in [-0.1, -0.05) is 53.4 Å². The maximum absolute atomic E-state index is 2.64. The number of rotatable bonds is 10. The molecule has 2 unspecified atom stereocenters. The molecule has 0 amide bonds. The van der Waals surface area contributed by atoms with Gasteiger partial charge in [0.2, 0.25) is 0 Å². The van der Waals surface area contributed by atoms with Crippen LogP contribution in [0.1, 0.15) is 93.9 Å². The normalized spacial score (nSPS) is 16.9. The predicted octanol–water partition coefficient (Wildman–Crippen LogP) is 7.47. The number of unbranched alkanes of at least 4 members (excludes halogenated alkanes) is 2. The molecule has 0 aliphatic carbocycles. The lowest BCUT2D eigenvalue weighted by Crippen LogP contribution is -2.44. The van der Waals surface area contributed by atoms with E-state index in [0.717, 1.165) is 11.8 Å². The Labute approximate surface area is 137 Å². The predicted molar refractivity (Wildman–Crippen MR) is 104 cm³/mol. The first-order chi connectivity index (χ1) is 9.46. The molecule has 21 heavy (non-hydrogen) atoms. The van der Waals surface area contributed by atoms with Gasteiger partial charge in [0, 0.05) is 20.6 Å². The Morgan fingerprint density at radius 2 is 1.00 bits per heavy atom. The SMILES string of the molecule is CCCCC(C)C(C)(C)[P+](C)(C)C(C)(C)C(C)CCCC. The van der Waals surface area contributed by atoms with E-state index in [-0.39, 0.29) is 0 Å². The molecule has 0 heterocycles. The van der Waals surface area contributed by atoms with Gasteiger partial charge in [0.1, 0.15) is 0 Å². The van der Waals surface area contributed by atoms with Gasteiger partial charge in [-0.3, -0.25) is 0 Å². The van der Waals surface area contributed by atoms with Crippen molar-refractivity contribution in [2.45, 2.75) is 104 Å². The molecule has 0 saturated carbocycles. The molecule has 0 aromatic carbocycles. The van der Waals surface area contributed by atoms with Gasteiger partial charge in [-0.25, -0.2) is 0 Å². The zero-order valence-corrected chi connectivity index (χ0v) is 17.7. The van der Waals surface area contributed by atoms with Crippen molar-refractivity contribution in [3.8, 4) is 0 Å². The number of hydrogen-bond acceptors (Lipinski definition) is 0. The Morgan fingerprint density at radius 1 is 0.714 bits per heavy atom. The zero-order chi connectivity index (χ0) is 16.9. The van der Waals surface area contributed by atoms with Crippen LogP contribution in [0.15, 0.2) is 0 Å². The quantitative estimate of drug-likeness (QED) is 0.367. The minimum Gasteiger partial charge on any atom is -0.0654 e. The highest BCUT2D eigenvalue weighted by Crippen LogP contribution is 2.75. The molecule has 0 saturated heterocycles. The van der Waals surface area contributed by atoms with Gasteiger partial charge in [-0.2, -0.15) is 0 Å². The van der Waals surface area contributed by atoms with Gasteiger partial charge in [-0.05, 0) is 52.4 Å². The molecule has 1 heteroatoms. The Kier molecular flexibility index (Phi) is 8.50. The maximum atomic E-state index is 2.64. The average Bonchev–Trinajstić information content (AvgIpc) is 2.41. The first kappa shape index (κ1) is 21.4. The first-order valence-electron chi connectivity index (χ1n) is 9.30. The Morgan fingerprint density at radius 3 is 1.24 bits per heavy atom. The van der Waals surface area contributed by atoms with Crippen LogP contribution in [0, 0.1) is 11.8 Å². The summed E-state index contributed by atoms with van der Waals surface area (Å²) >= 11 is 0. The molecule has 0 aliphatic heterocycles. The van der Waals surface area contributed by atoms with Crippen LogP contribution >= 0.6 is 7.26 Å². The fourth-order valence-corrected chi connectivity index (χ4v) is 7.52. The maximum Gasteiger partial charge on any atom is 0.0768 e. The van der Waals surface area contributed by atoms with Gasteiger partial charge in [0.05, 0.1) is 10.3 Å². The average molecular weight is 316 g/mol. The third-order valence-corrected chi connectivity index (χ3v) is 13.9. The summed E-state index contributed by atoms with van der Waals surface area (Å²) in [6.45, 7) is 25.2. The van der Waals surface area contributed by atoms with Gasteiger partial charge in [0.25, 0.3) is 0 Å². The van der Waals surface area contributed by atoms with E-state index in [1.807, 2.05) is 0 Å². The molecule has 0 aromatic rings. The highest BCUT2D eigenvalue weighted by Gasteiger charge is 2.58. The highest BCUT2D eigenvalue weighted by molar-refractivity contribution is 7.77. The summed E-state index contributed by atoms with van der Waals surface area (Å²) in [7, 11) is -1.04. The first-order valence-corrected chi connectivity index (χ1v) is 12.0. The van der Waals surface area contributed by atoms with Crippen molar-refractivity contribution in [1.29, 1.82) is 0 Å². The third kappa shape index (κ3) is 4.70. The standard InChI is InChI=1S/C20H44P/c1-11-13-15-17(3)19(5,6)21(9,10)20(7,8)18(4)16-14-12-2/h17-18H,11-16H2,1-10H3/q+1. The third-order valence-electron chi connectivity index (χ3n) is 7.27. The van der Waals surface area contributed by atoms with Crippen LogP contribution in [0.5, 0.6) is 0 Å². The Balaban J connectivity index is 5.20. The lowest BCUT2D eigenvalue weighted by Gasteiger charge is -2.51. The van der Waals surface area contributed by atoms with Crippen molar-refractivity contribution in [2.24, 2.45) is 11.8 Å². The van der Waals surface area contributed by atoms with Crippen LogP contribution in [0.25, 0.3) is 0 Å². The smallest absolute Gasteiger partial charge is 0.0654 e. The fraction of sp³-hybridized carbons (Fsp3) is 1.00. The second-order valence-electron chi connectivity index (χ2n) is 8.85. The van der Waals surface area contributed by atoms with Gasteiger partial charge < -0.3 is 0 Å². The van der Waals surface area contributed by atoms with Crippen LogP contribution in [0.4, 0.5) is 0 Å².